The van der Waals surface area contributed by atoms with Gasteiger partial charge >= 0.3 is 12.1 Å². The van der Waals surface area contributed by atoms with E-state index in [0.29, 0.717) is 12.0 Å². The van der Waals surface area contributed by atoms with Crippen LogP contribution in [0.15, 0.2) is 47.5 Å². The Morgan fingerprint density at radius 2 is 1.86 bits per heavy atom. The molecular weight excluding hydrogens is 479 g/mol. The Hall–Kier alpha value is -3.80. The molecule has 36 heavy (non-hydrogen) atoms. The first-order chi connectivity index (χ1) is 17.1. The minimum atomic E-state index is -4.86. The topological polar surface area (TPSA) is 102 Å². The lowest BCUT2D eigenvalue weighted by atomic mass is 9.87. The highest BCUT2D eigenvalue weighted by Gasteiger charge is 2.32. The number of nitrogens with zero attached hydrogens (tertiary/aromatic N) is 4. The van der Waals surface area contributed by atoms with Crippen molar-refractivity contribution in [3.05, 3.63) is 70.0 Å². The molecule has 2 N–H and O–H groups in total. The van der Waals surface area contributed by atoms with Gasteiger partial charge in [0, 0.05) is 18.0 Å². The van der Waals surface area contributed by atoms with E-state index < -0.39 is 29.8 Å². The molecule has 0 aliphatic carbocycles. The van der Waals surface area contributed by atoms with Crippen molar-refractivity contribution in [3.8, 4) is 17.3 Å². The zero-order chi connectivity index (χ0) is 26.0. The number of hydrogen-bond acceptors (Lipinski definition) is 6. The fourth-order valence-electron chi connectivity index (χ4n) is 4.64. The van der Waals surface area contributed by atoms with Gasteiger partial charge < -0.3 is 20.1 Å². The Balaban J connectivity index is 1.77. The van der Waals surface area contributed by atoms with Gasteiger partial charge in [-0.05, 0) is 81.7 Å². The van der Waals surface area contributed by atoms with Crippen LogP contribution in [-0.4, -0.2) is 57.0 Å². The van der Waals surface area contributed by atoms with Gasteiger partial charge in [0.05, 0.1) is 11.4 Å². The number of aromatic hydroxyl groups is 1. The second-order valence-electron chi connectivity index (χ2n) is 8.71. The van der Waals surface area contributed by atoms with E-state index in [1.165, 1.54) is 23.6 Å². The highest BCUT2D eigenvalue weighted by atomic mass is 19.4. The zero-order valence-electron chi connectivity index (χ0n) is 19.7. The number of piperidine rings is 1. The van der Waals surface area contributed by atoms with Crippen LogP contribution in [-0.2, 0) is 4.79 Å². The van der Waals surface area contributed by atoms with Crippen LogP contribution < -0.4 is 15.7 Å². The minimum absolute atomic E-state index is 0.129. The molecule has 0 spiro atoms. The molecule has 1 aromatic carbocycles. The van der Waals surface area contributed by atoms with Gasteiger partial charge in [0.2, 0.25) is 12.3 Å². The lowest BCUT2D eigenvalue weighted by Gasteiger charge is -2.31. The molecule has 1 atom stereocenters. The summed E-state index contributed by atoms with van der Waals surface area (Å²) in [7, 11) is 2.05. The summed E-state index contributed by atoms with van der Waals surface area (Å²) in [6, 6.07) is 6.28. The molecule has 0 bridgehead atoms. The Morgan fingerprint density at radius 1 is 1.19 bits per heavy atom. The van der Waals surface area contributed by atoms with Crippen molar-refractivity contribution in [2.45, 2.75) is 38.2 Å². The molecule has 1 fully saturated rings. The van der Waals surface area contributed by atoms with Gasteiger partial charge in [-0.2, -0.15) is 0 Å². The number of nitrogens with one attached hydrogen (secondary N) is 1. The molecule has 3 heterocycles. The summed E-state index contributed by atoms with van der Waals surface area (Å²) in [5, 5.41) is 13.5. The number of hydrogen-bond donors (Lipinski definition) is 2. The average Bonchev–Trinajstić information content (AvgIpc) is 3.06. The van der Waals surface area contributed by atoms with Crippen LogP contribution in [0.3, 0.4) is 0 Å². The largest absolute Gasteiger partial charge is 0.573 e. The van der Waals surface area contributed by atoms with Gasteiger partial charge in [0.15, 0.2) is 0 Å². The Bertz CT molecular complexity index is 1280. The summed E-state index contributed by atoms with van der Waals surface area (Å²) in [5.41, 5.74) is 1.19. The summed E-state index contributed by atoms with van der Waals surface area (Å²) in [5.74, 6) is -0.694. The molecule has 0 radical (unpaired) electrons. The first kappa shape index (κ1) is 25.3. The number of halogens is 3. The van der Waals surface area contributed by atoms with Crippen molar-refractivity contribution in [1.82, 2.24) is 24.3 Å². The van der Waals surface area contributed by atoms with Gasteiger partial charge in [-0.15, -0.1) is 13.2 Å². The second-order valence-corrected chi connectivity index (χ2v) is 8.71. The van der Waals surface area contributed by atoms with Crippen LogP contribution in [0.2, 0.25) is 0 Å². The van der Waals surface area contributed by atoms with Crippen LogP contribution in [0.5, 0.6) is 11.6 Å². The van der Waals surface area contributed by atoms with Gasteiger partial charge in [-0.25, -0.2) is 9.36 Å². The van der Waals surface area contributed by atoms with Gasteiger partial charge in [-0.1, -0.05) is 0 Å². The number of carbonyl (C=O) groups is 1. The van der Waals surface area contributed by atoms with Crippen molar-refractivity contribution >= 4 is 6.41 Å². The number of aromatic nitrogens is 3. The minimum Gasteiger partial charge on any atom is -0.493 e. The summed E-state index contributed by atoms with van der Waals surface area (Å²) in [6.45, 7) is 3.31. The highest BCUT2D eigenvalue weighted by Crippen LogP contribution is 2.34. The normalized spacial score (nSPS) is 16.0. The summed E-state index contributed by atoms with van der Waals surface area (Å²) in [4.78, 5) is 31.6. The predicted molar refractivity (Wildman–Crippen MR) is 124 cm³/mol. The van der Waals surface area contributed by atoms with E-state index in [9.17, 15) is 27.9 Å². The van der Waals surface area contributed by atoms with Crippen LogP contribution in [0.25, 0.3) is 5.69 Å². The van der Waals surface area contributed by atoms with Crippen LogP contribution in [0.1, 0.15) is 41.7 Å². The number of rotatable bonds is 7. The molecule has 1 aliphatic heterocycles. The predicted octanol–water partition coefficient (Wildman–Crippen LogP) is 3.05. The molecule has 1 saturated heterocycles. The zero-order valence-corrected chi connectivity index (χ0v) is 19.7. The molecule has 1 aliphatic rings. The summed E-state index contributed by atoms with van der Waals surface area (Å²) in [6.07, 6.45) is -0.236. The molecular formula is C24H26F3N5O4. The molecule has 12 heteroatoms. The van der Waals surface area contributed by atoms with Crippen LogP contribution >= 0.6 is 0 Å². The van der Waals surface area contributed by atoms with E-state index in [-0.39, 0.29) is 17.3 Å². The van der Waals surface area contributed by atoms with Crippen molar-refractivity contribution < 1.29 is 27.8 Å². The quantitative estimate of drug-likeness (QED) is 0.479. The standard InChI is InChI=1S/C24H26F3N5O4/c1-15-22(34)32(17-3-5-18(6-4-17)36-24(25,26)27)23(35)31(15)21(29-14-33)19-7-10-28-13-20(19)16-8-11-30(2)12-9-16/h3-7,10,13-14,16,21,34H,8-9,11-12H2,1-2H3,(H,29,33). The highest BCUT2D eigenvalue weighted by molar-refractivity contribution is 5.49. The smallest absolute Gasteiger partial charge is 0.493 e. The molecule has 3 aromatic rings. The molecule has 1 unspecified atom stereocenters. The lowest BCUT2D eigenvalue weighted by molar-refractivity contribution is -0.274. The van der Waals surface area contributed by atoms with Gasteiger partial charge in [0.25, 0.3) is 0 Å². The number of ether oxygens (including phenoxy) is 1. The van der Waals surface area contributed by atoms with Crippen molar-refractivity contribution in [2.24, 2.45) is 0 Å². The average molecular weight is 505 g/mol. The van der Waals surface area contributed by atoms with E-state index in [2.05, 4.69) is 19.9 Å². The number of alkyl halides is 3. The van der Waals surface area contributed by atoms with Crippen LogP contribution in [0.4, 0.5) is 13.2 Å². The SMILES string of the molecule is Cc1c(O)n(-c2ccc(OC(F)(F)F)cc2)c(=O)n1C(NC=O)c1ccncc1C1CCN(C)CC1. The van der Waals surface area contributed by atoms with Gasteiger partial charge in [-0.3, -0.25) is 14.3 Å². The van der Waals surface area contributed by atoms with Crippen LogP contribution in [0, 0.1) is 6.92 Å². The van der Waals surface area contributed by atoms with Crippen molar-refractivity contribution in [2.75, 3.05) is 20.1 Å². The maximum atomic E-state index is 13.5. The number of carbonyl (C=O) groups excluding carboxylic acids is 1. The monoisotopic (exact) mass is 505 g/mol. The van der Waals surface area contributed by atoms with Crippen molar-refractivity contribution in [3.63, 3.8) is 0 Å². The Labute approximate surface area is 204 Å². The number of benzene rings is 1. The molecule has 0 saturated carbocycles. The second kappa shape index (κ2) is 10.1. The first-order valence-corrected chi connectivity index (χ1v) is 11.3. The van der Waals surface area contributed by atoms with E-state index >= 15 is 0 Å². The van der Waals surface area contributed by atoms with E-state index in [1.54, 1.807) is 18.5 Å². The maximum absolute atomic E-state index is 13.5. The van der Waals surface area contributed by atoms with E-state index in [1.807, 2.05) is 7.05 Å². The Morgan fingerprint density at radius 3 is 2.47 bits per heavy atom. The number of amides is 1. The van der Waals surface area contributed by atoms with E-state index in [0.717, 1.165) is 48.2 Å². The number of likely N-dealkylation sites (tertiary alicyclic amines) is 1. The number of pyridine rings is 1. The Kier molecular flexibility index (Phi) is 7.07. The molecule has 192 valence electrons. The number of imidazole rings is 1. The molecule has 2 aromatic heterocycles. The fourth-order valence-corrected chi connectivity index (χ4v) is 4.64. The fraction of sp³-hybridized carbons (Fsp3) is 0.375. The molecule has 4 rings (SSSR count). The third kappa shape index (κ3) is 5.08. The van der Waals surface area contributed by atoms with Crippen molar-refractivity contribution in [1.29, 1.82) is 0 Å². The lowest BCUT2D eigenvalue weighted by Crippen LogP contribution is -2.37. The third-order valence-corrected chi connectivity index (χ3v) is 6.45. The molecule has 9 nitrogen and oxygen atoms in total. The van der Waals surface area contributed by atoms with E-state index in [4.69, 9.17) is 0 Å². The third-order valence-electron chi connectivity index (χ3n) is 6.45. The van der Waals surface area contributed by atoms with Gasteiger partial charge in [0.1, 0.15) is 11.9 Å². The maximum Gasteiger partial charge on any atom is 0.573 e. The first-order valence-electron chi connectivity index (χ1n) is 11.3. The summed E-state index contributed by atoms with van der Waals surface area (Å²) < 4.78 is 43.6. The molecule has 1 amide bonds. The summed E-state index contributed by atoms with van der Waals surface area (Å²) >= 11 is 0.